The average molecular weight is 413 g/mol. The van der Waals surface area contributed by atoms with Crippen molar-refractivity contribution in [1.82, 2.24) is 4.48 Å². The minimum atomic E-state index is -4.07. The van der Waals surface area contributed by atoms with E-state index in [-0.39, 0.29) is 0 Å². The zero-order valence-electron chi connectivity index (χ0n) is 14.5. The summed E-state index contributed by atoms with van der Waals surface area (Å²) in [4.78, 5) is 0. The van der Waals surface area contributed by atoms with Crippen LogP contribution in [0.3, 0.4) is 0 Å². The number of aromatic nitrogens is 1. The Morgan fingerprint density at radius 3 is 2.21 bits per heavy atom. The van der Waals surface area contributed by atoms with Gasteiger partial charge in [-0.15, -0.1) is 0 Å². The van der Waals surface area contributed by atoms with Gasteiger partial charge in [-0.3, -0.25) is 0 Å². The molecule has 0 amide bonds. The van der Waals surface area contributed by atoms with Crippen molar-refractivity contribution in [3.63, 3.8) is 0 Å². The molecule has 0 aliphatic carbocycles. The lowest BCUT2D eigenvalue weighted by Crippen LogP contribution is -2.49. The van der Waals surface area contributed by atoms with Crippen LogP contribution >= 0.6 is 23.2 Å². The van der Waals surface area contributed by atoms with Gasteiger partial charge in [-0.25, -0.2) is 0 Å². The highest BCUT2D eigenvalue weighted by Crippen LogP contribution is 2.45. The van der Waals surface area contributed by atoms with Crippen molar-refractivity contribution in [2.75, 3.05) is 0 Å². The number of nitrogens with zero attached hydrogens (tertiary/aromatic N) is 2. The second kappa shape index (κ2) is 6.19. The lowest BCUT2D eigenvalue weighted by molar-refractivity contribution is -0.356. The molecule has 0 radical (unpaired) electrons. The molecule has 2 aliphatic heterocycles. The highest BCUT2D eigenvalue weighted by molar-refractivity contribution is 6.58. The summed E-state index contributed by atoms with van der Waals surface area (Å²) < 4.78 is 33.3. The molecule has 1 aromatic heterocycles. The first-order chi connectivity index (χ1) is 13.5. The lowest BCUT2D eigenvalue weighted by Gasteiger charge is -2.33. The molecule has 7 heteroatoms. The Kier molecular flexibility index (Phi) is 3.86. The van der Waals surface area contributed by atoms with E-state index in [4.69, 9.17) is 23.2 Å². The van der Waals surface area contributed by atoms with E-state index in [9.17, 15) is 0 Å². The number of rotatable bonds is 2. The fourth-order valence-electron chi connectivity index (χ4n) is 3.96. The van der Waals surface area contributed by atoms with Gasteiger partial charge in [-0.05, 0) is 29.8 Å². The molecular formula is C21H13BCl2F2N2. The molecule has 3 aromatic rings. The summed E-state index contributed by atoms with van der Waals surface area (Å²) in [5, 5.41) is 0.837. The molecule has 2 aromatic carbocycles. The summed E-state index contributed by atoms with van der Waals surface area (Å²) in [6.07, 6.45) is 4.69. The molecule has 5 rings (SSSR count). The van der Waals surface area contributed by atoms with Gasteiger partial charge in [0.2, 0.25) is 0 Å². The largest absolute Gasteiger partial charge is 0.737 e. The van der Waals surface area contributed by atoms with Crippen LogP contribution in [0.15, 0.2) is 78.5 Å². The van der Waals surface area contributed by atoms with Gasteiger partial charge < -0.3 is 17.6 Å². The molecule has 0 saturated carbocycles. The van der Waals surface area contributed by atoms with Gasteiger partial charge in [0.1, 0.15) is 6.21 Å². The van der Waals surface area contributed by atoms with Crippen LogP contribution in [0.25, 0.3) is 16.8 Å². The molecule has 28 heavy (non-hydrogen) atoms. The zero-order chi connectivity index (χ0) is 19.5. The van der Waals surface area contributed by atoms with E-state index in [1.807, 2.05) is 30.3 Å². The van der Waals surface area contributed by atoms with E-state index in [1.165, 1.54) is 6.21 Å². The van der Waals surface area contributed by atoms with Gasteiger partial charge in [-0.1, -0.05) is 59.6 Å². The van der Waals surface area contributed by atoms with Gasteiger partial charge in [-0.2, -0.15) is 0 Å². The number of hydrogen-bond acceptors (Lipinski definition) is 0. The van der Waals surface area contributed by atoms with Crippen molar-refractivity contribution < 1.29 is 13.1 Å². The maximum atomic E-state index is 15.6. The van der Waals surface area contributed by atoms with Crippen LogP contribution in [0.5, 0.6) is 0 Å². The molecule has 3 heterocycles. The Morgan fingerprint density at radius 1 is 0.821 bits per heavy atom. The number of fused-ring (bicyclic) bond motifs is 2. The highest BCUT2D eigenvalue weighted by Gasteiger charge is 2.53. The van der Waals surface area contributed by atoms with E-state index in [2.05, 4.69) is 0 Å². The number of allylic oxidation sites excluding steroid dienone is 2. The molecule has 0 unspecified atom stereocenters. The second-order valence-electron chi connectivity index (χ2n) is 6.70. The third-order valence-electron chi connectivity index (χ3n) is 5.14. The van der Waals surface area contributed by atoms with Crippen molar-refractivity contribution in [3.8, 4) is 11.3 Å². The number of halogens is 4. The smallest absolute Gasteiger partial charge is 0.389 e. The van der Waals surface area contributed by atoms with E-state index in [0.29, 0.717) is 38.3 Å². The van der Waals surface area contributed by atoms with Crippen LogP contribution in [0.1, 0.15) is 11.3 Å². The average Bonchev–Trinajstić information content (AvgIpc) is 3.33. The summed E-state index contributed by atoms with van der Waals surface area (Å²) >= 11 is 12.9. The Morgan fingerprint density at radius 2 is 1.50 bits per heavy atom. The predicted molar refractivity (Wildman–Crippen MR) is 111 cm³/mol. The van der Waals surface area contributed by atoms with Gasteiger partial charge in [0.25, 0.3) is 0 Å². The van der Waals surface area contributed by atoms with Crippen LogP contribution in [-0.4, -0.2) is 22.1 Å². The first-order valence-corrected chi connectivity index (χ1v) is 9.54. The fraction of sp³-hybridized carbons (Fsp3) is 0. The Balaban J connectivity index is 1.87. The minimum Gasteiger partial charge on any atom is -0.389 e. The summed E-state index contributed by atoms with van der Waals surface area (Å²) in [6.45, 7) is -4.07. The Hall–Kier alpha value is -2.63. The van der Waals surface area contributed by atoms with Crippen LogP contribution < -0.4 is 0 Å². The molecule has 0 fully saturated rings. The van der Waals surface area contributed by atoms with Gasteiger partial charge in [0.15, 0.2) is 5.70 Å². The first-order valence-electron chi connectivity index (χ1n) is 8.78. The van der Waals surface area contributed by atoms with Crippen molar-refractivity contribution in [1.29, 1.82) is 0 Å². The minimum absolute atomic E-state index is 0.394. The van der Waals surface area contributed by atoms with Crippen LogP contribution in [0, 0.1) is 0 Å². The standard InChI is InChI=1S/C21H13BCl2F2N2/c23-15-8-4-9-16(24)20(15)21-18-10-5-13-27(18)22(25,26)28-17(11-12-19(21)28)14-6-2-1-3-7-14/h1-13H. The van der Waals surface area contributed by atoms with Crippen molar-refractivity contribution in [2.45, 2.75) is 0 Å². The lowest BCUT2D eigenvalue weighted by atomic mass is 9.85. The molecule has 0 bridgehead atoms. The zero-order valence-corrected chi connectivity index (χ0v) is 16.0. The quantitative estimate of drug-likeness (QED) is 0.448. The van der Waals surface area contributed by atoms with E-state index in [0.717, 1.165) is 14.5 Å². The van der Waals surface area contributed by atoms with Crippen molar-refractivity contribution in [3.05, 3.63) is 99.8 Å². The SMILES string of the molecule is F[B-]1(F)n2c(ccc2-c2ccccc2)C(c2c(Cl)cccc2Cl)=C2C=CC=[N+]21. The maximum absolute atomic E-state index is 15.6. The van der Waals surface area contributed by atoms with Gasteiger partial charge in [0, 0.05) is 29.1 Å². The predicted octanol–water partition coefficient (Wildman–Crippen LogP) is 6.11. The number of benzene rings is 2. The van der Waals surface area contributed by atoms with Crippen LogP contribution in [0.2, 0.25) is 10.0 Å². The van der Waals surface area contributed by atoms with Crippen molar-refractivity contribution in [2.24, 2.45) is 0 Å². The summed E-state index contributed by atoms with van der Waals surface area (Å²) in [5.74, 6) is 0. The molecule has 0 atom stereocenters. The van der Waals surface area contributed by atoms with Crippen LogP contribution in [0.4, 0.5) is 8.63 Å². The van der Waals surface area contributed by atoms with Gasteiger partial charge >= 0.3 is 6.97 Å². The molecule has 2 aliphatic rings. The van der Waals surface area contributed by atoms with Crippen LogP contribution in [-0.2, 0) is 0 Å². The van der Waals surface area contributed by atoms with Gasteiger partial charge in [0.05, 0.1) is 15.6 Å². The Bertz CT molecular complexity index is 1190. The third-order valence-corrected chi connectivity index (χ3v) is 5.77. The topological polar surface area (TPSA) is 7.94 Å². The van der Waals surface area contributed by atoms with E-state index >= 15 is 8.63 Å². The molecule has 138 valence electrons. The molecule has 0 N–H and O–H groups in total. The normalized spacial score (nSPS) is 16.8. The van der Waals surface area contributed by atoms with E-state index < -0.39 is 6.97 Å². The highest BCUT2D eigenvalue weighted by atomic mass is 35.5. The Labute approximate surface area is 170 Å². The second-order valence-corrected chi connectivity index (χ2v) is 7.51. The number of hydrogen-bond donors (Lipinski definition) is 0. The summed E-state index contributed by atoms with van der Waals surface area (Å²) in [7, 11) is 0. The summed E-state index contributed by atoms with van der Waals surface area (Å²) in [5.41, 5.74) is 3.10. The first kappa shape index (κ1) is 17.5. The van der Waals surface area contributed by atoms with Crippen molar-refractivity contribution >= 4 is 42.0 Å². The van der Waals surface area contributed by atoms with E-state index in [1.54, 1.807) is 42.5 Å². The molecular weight excluding hydrogens is 400 g/mol. The third kappa shape index (κ3) is 2.36. The molecule has 2 nitrogen and oxygen atoms in total. The maximum Gasteiger partial charge on any atom is 0.737 e. The molecule has 0 spiro atoms. The summed E-state index contributed by atoms with van der Waals surface area (Å²) in [6, 6.07) is 17.8. The monoisotopic (exact) mass is 412 g/mol. The molecule has 0 saturated heterocycles. The fourth-order valence-corrected chi connectivity index (χ4v) is 4.54.